The van der Waals surface area contributed by atoms with Crippen molar-refractivity contribution in [2.45, 2.75) is 6.54 Å². The number of rotatable bonds is 2. The van der Waals surface area contributed by atoms with E-state index in [1.165, 1.54) is 11.3 Å². The summed E-state index contributed by atoms with van der Waals surface area (Å²) in [5.74, 6) is -0.475. The molecule has 2 aromatic heterocycles. The van der Waals surface area contributed by atoms with Crippen LogP contribution in [0.25, 0.3) is 11.2 Å². The maximum Gasteiger partial charge on any atom is 0.363 e. The van der Waals surface area contributed by atoms with E-state index in [1.807, 2.05) is 0 Å². The van der Waals surface area contributed by atoms with Crippen molar-refractivity contribution in [3.63, 3.8) is 0 Å². The number of anilines is 2. The molecule has 2 bridgehead atoms. The molecule has 0 radical (unpaired) electrons. The molecular weight excluding hydrogens is 300 g/mol. The van der Waals surface area contributed by atoms with E-state index in [4.69, 9.17) is 10.6 Å². The molecule has 23 heavy (non-hydrogen) atoms. The third kappa shape index (κ3) is 2.24. The number of aromatic nitrogens is 4. The van der Waals surface area contributed by atoms with Gasteiger partial charge in [-0.2, -0.15) is 10.0 Å². The highest BCUT2D eigenvalue weighted by Crippen LogP contribution is 2.23. The normalized spacial score (nSPS) is 13.2. The highest BCUT2D eigenvalue weighted by Gasteiger charge is 2.21. The molecule has 0 saturated heterocycles. The number of benzene rings is 1. The quantitative estimate of drug-likeness (QED) is 0.695. The molecule has 2 aliphatic heterocycles. The Labute approximate surface area is 128 Å². The molecule has 3 N–H and O–H groups in total. The van der Waals surface area contributed by atoms with E-state index in [0.717, 1.165) is 0 Å². The SMILES string of the molecule is Nc1nc2ncc(CN3OC(=O)c4ccc3cc4)nc2c(=O)[nH]1. The maximum atomic E-state index is 11.9. The van der Waals surface area contributed by atoms with Gasteiger partial charge in [-0.15, -0.1) is 0 Å². The van der Waals surface area contributed by atoms with Crippen LogP contribution in [0.5, 0.6) is 0 Å². The number of carbonyl (C=O) groups excluding carboxylic acids is 1. The average Bonchev–Trinajstić information content (AvgIpc) is 2.77. The smallest absolute Gasteiger partial charge is 0.363 e. The number of nitrogens with zero attached hydrogens (tertiary/aromatic N) is 4. The van der Waals surface area contributed by atoms with Crippen LogP contribution < -0.4 is 16.4 Å². The lowest BCUT2D eigenvalue weighted by Gasteiger charge is -2.19. The Bertz CT molecular complexity index is 982. The van der Waals surface area contributed by atoms with Gasteiger partial charge >= 0.3 is 5.97 Å². The van der Waals surface area contributed by atoms with Gasteiger partial charge in [0, 0.05) is 0 Å². The van der Waals surface area contributed by atoms with Crippen molar-refractivity contribution in [2.75, 3.05) is 10.8 Å². The second kappa shape index (κ2) is 4.77. The van der Waals surface area contributed by atoms with E-state index in [-0.39, 0.29) is 23.7 Å². The van der Waals surface area contributed by atoms with Crippen molar-refractivity contribution in [3.05, 3.63) is 52.1 Å². The Morgan fingerprint density at radius 1 is 1.17 bits per heavy atom. The third-order valence-electron chi connectivity index (χ3n) is 3.38. The number of hydrogen-bond donors (Lipinski definition) is 2. The lowest BCUT2D eigenvalue weighted by Crippen LogP contribution is -2.25. The molecule has 0 atom stereocenters. The molecule has 114 valence electrons. The van der Waals surface area contributed by atoms with E-state index in [1.54, 1.807) is 24.3 Å². The minimum absolute atomic E-state index is 0.0224. The number of fused-ring (bicyclic) bond motifs is 5. The Morgan fingerprint density at radius 3 is 2.74 bits per heavy atom. The predicted molar refractivity (Wildman–Crippen MR) is 80.4 cm³/mol. The van der Waals surface area contributed by atoms with Crippen molar-refractivity contribution in [1.82, 2.24) is 19.9 Å². The number of nitrogens with two attached hydrogens (primary N) is 1. The van der Waals surface area contributed by atoms with Crippen LogP contribution in [-0.2, 0) is 11.4 Å². The molecule has 2 aliphatic rings. The first-order valence-corrected chi connectivity index (χ1v) is 6.71. The van der Waals surface area contributed by atoms with Crippen molar-refractivity contribution >= 4 is 28.8 Å². The zero-order chi connectivity index (χ0) is 16.0. The number of carbonyl (C=O) groups is 1. The van der Waals surface area contributed by atoms with Gasteiger partial charge < -0.3 is 10.6 Å². The van der Waals surface area contributed by atoms with Gasteiger partial charge in [0.15, 0.2) is 11.2 Å². The summed E-state index contributed by atoms with van der Waals surface area (Å²) in [6.07, 6.45) is 1.46. The predicted octanol–water partition coefficient (Wildman–Crippen LogP) is 0.387. The van der Waals surface area contributed by atoms with Crippen LogP contribution in [0.2, 0.25) is 0 Å². The lowest BCUT2D eigenvalue weighted by molar-refractivity contribution is 0.0449. The fourth-order valence-electron chi connectivity index (χ4n) is 2.29. The zero-order valence-electron chi connectivity index (χ0n) is 11.7. The van der Waals surface area contributed by atoms with Gasteiger partial charge in [-0.3, -0.25) is 9.78 Å². The Hall–Kier alpha value is -3.49. The van der Waals surface area contributed by atoms with Gasteiger partial charge in [-0.1, -0.05) is 0 Å². The summed E-state index contributed by atoms with van der Waals surface area (Å²) in [6, 6.07) is 6.90. The van der Waals surface area contributed by atoms with E-state index in [0.29, 0.717) is 16.9 Å². The van der Waals surface area contributed by atoms with E-state index in [9.17, 15) is 9.59 Å². The monoisotopic (exact) mass is 310 g/mol. The van der Waals surface area contributed by atoms with E-state index < -0.39 is 11.5 Å². The summed E-state index contributed by atoms with van der Waals surface area (Å²) in [4.78, 5) is 43.6. The van der Waals surface area contributed by atoms with Crippen LogP contribution in [0, 0.1) is 0 Å². The first-order chi connectivity index (χ1) is 11.1. The molecule has 3 aromatic rings. The number of H-pyrrole nitrogens is 1. The molecular formula is C14H10N6O3. The number of hydrogen-bond acceptors (Lipinski definition) is 8. The molecule has 9 nitrogen and oxygen atoms in total. The fraction of sp³-hybridized carbons (Fsp3) is 0.0714. The van der Waals surface area contributed by atoms with Crippen LogP contribution in [0.15, 0.2) is 35.3 Å². The molecule has 0 amide bonds. The van der Waals surface area contributed by atoms with Crippen molar-refractivity contribution in [3.8, 4) is 0 Å². The summed E-state index contributed by atoms with van der Waals surface area (Å²) in [5.41, 5.74) is 6.85. The van der Waals surface area contributed by atoms with E-state index in [2.05, 4.69) is 19.9 Å². The standard InChI is InChI=1S/C14H10N6O3/c15-14-18-11-10(12(21)19-14)17-8(5-16-11)6-20-9-3-1-7(2-4-9)13(22)23-20/h1-5H,6H2,(H3,15,16,18,19,21). The van der Waals surface area contributed by atoms with Crippen LogP contribution in [0.1, 0.15) is 16.1 Å². The molecule has 0 spiro atoms. The summed E-state index contributed by atoms with van der Waals surface area (Å²) < 4.78 is 0. The van der Waals surface area contributed by atoms with Crippen LogP contribution >= 0.6 is 0 Å². The Kier molecular flexibility index (Phi) is 2.73. The van der Waals surface area contributed by atoms with Gasteiger partial charge in [-0.05, 0) is 24.3 Å². The molecule has 9 heteroatoms. The van der Waals surface area contributed by atoms with Crippen molar-refractivity contribution < 1.29 is 9.63 Å². The lowest BCUT2D eigenvalue weighted by atomic mass is 10.2. The molecule has 4 heterocycles. The number of aromatic amines is 1. The summed E-state index contributed by atoms with van der Waals surface area (Å²) in [6.45, 7) is 0.149. The zero-order valence-corrected chi connectivity index (χ0v) is 11.7. The van der Waals surface area contributed by atoms with Crippen LogP contribution in [0.4, 0.5) is 11.6 Å². The highest BCUT2D eigenvalue weighted by atomic mass is 16.7. The molecule has 0 saturated carbocycles. The van der Waals surface area contributed by atoms with Gasteiger partial charge in [0.25, 0.3) is 5.56 Å². The second-order valence-corrected chi connectivity index (χ2v) is 4.95. The summed E-state index contributed by atoms with van der Waals surface area (Å²) in [7, 11) is 0. The largest absolute Gasteiger partial charge is 0.369 e. The topological polar surface area (TPSA) is 127 Å². The number of nitrogens with one attached hydrogen (secondary N) is 1. The molecule has 0 fully saturated rings. The summed E-state index contributed by atoms with van der Waals surface area (Å²) in [5, 5.41) is 1.39. The Balaban J connectivity index is 1.71. The Morgan fingerprint density at radius 2 is 1.96 bits per heavy atom. The molecule has 5 rings (SSSR count). The van der Waals surface area contributed by atoms with Gasteiger partial charge in [-0.25, -0.2) is 14.8 Å². The molecule has 0 aliphatic carbocycles. The third-order valence-corrected chi connectivity index (χ3v) is 3.38. The summed E-state index contributed by atoms with van der Waals surface area (Å²) >= 11 is 0. The number of hydroxylamine groups is 1. The van der Waals surface area contributed by atoms with Gasteiger partial charge in [0.1, 0.15) is 6.54 Å². The fourth-order valence-corrected chi connectivity index (χ4v) is 2.29. The minimum Gasteiger partial charge on any atom is -0.369 e. The van der Waals surface area contributed by atoms with Gasteiger partial charge in [0.05, 0.1) is 23.1 Å². The van der Waals surface area contributed by atoms with Gasteiger partial charge in [0.2, 0.25) is 5.95 Å². The van der Waals surface area contributed by atoms with Crippen LogP contribution in [0.3, 0.4) is 0 Å². The molecule has 0 unspecified atom stereocenters. The maximum absolute atomic E-state index is 11.9. The van der Waals surface area contributed by atoms with E-state index >= 15 is 0 Å². The first kappa shape index (κ1) is 13.2. The van der Waals surface area contributed by atoms with Crippen LogP contribution in [-0.4, -0.2) is 25.9 Å². The number of nitrogen functional groups attached to an aromatic ring is 1. The second-order valence-electron chi connectivity index (χ2n) is 4.95. The van der Waals surface area contributed by atoms with Crippen molar-refractivity contribution in [1.29, 1.82) is 0 Å². The molecule has 1 aromatic carbocycles. The van der Waals surface area contributed by atoms with Crippen molar-refractivity contribution in [2.24, 2.45) is 0 Å². The highest BCUT2D eigenvalue weighted by molar-refractivity contribution is 5.91. The first-order valence-electron chi connectivity index (χ1n) is 6.71. The minimum atomic E-state index is -0.473. The average molecular weight is 310 g/mol.